The van der Waals surface area contributed by atoms with Gasteiger partial charge in [-0.2, -0.15) is 0 Å². The summed E-state index contributed by atoms with van der Waals surface area (Å²) >= 11 is 6.21. The molecule has 0 unspecified atom stereocenters. The van der Waals surface area contributed by atoms with Gasteiger partial charge in [-0.15, -0.1) is 0 Å². The molecular formula is C24H17ClO5. The number of rotatable bonds is 4. The molecule has 0 amide bonds. The van der Waals surface area contributed by atoms with Crippen molar-refractivity contribution in [3.8, 4) is 22.6 Å². The normalized spacial score (nSPS) is 13.0. The van der Waals surface area contributed by atoms with Crippen molar-refractivity contribution in [1.29, 1.82) is 0 Å². The number of fused-ring (bicyclic) bond motifs is 2. The second-order valence-electron chi connectivity index (χ2n) is 6.97. The maximum atomic E-state index is 12.5. The minimum absolute atomic E-state index is 0.201. The maximum absolute atomic E-state index is 12.5. The van der Waals surface area contributed by atoms with Gasteiger partial charge in [0.1, 0.15) is 23.7 Å². The largest absolute Gasteiger partial charge is 0.489 e. The van der Waals surface area contributed by atoms with Crippen LogP contribution in [0.5, 0.6) is 11.5 Å². The molecule has 0 fully saturated rings. The van der Waals surface area contributed by atoms with E-state index in [-0.39, 0.29) is 19.0 Å². The Hall–Kier alpha value is -3.28. The molecule has 150 valence electrons. The monoisotopic (exact) mass is 420 g/mol. The van der Waals surface area contributed by atoms with E-state index in [4.69, 9.17) is 30.2 Å². The smallest absolute Gasteiger partial charge is 0.344 e. The summed E-state index contributed by atoms with van der Waals surface area (Å²) in [4.78, 5) is 12.5. The van der Waals surface area contributed by atoms with Gasteiger partial charge in [0.2, 0.25) is 0 Å². The van der Waals surface area contributed by atoms with Crippen LogP contribution in [-0.4, -0.2) is 6.79 Å². The van der Waals surface area contributed by atoms with E-state index in [1.165, 1.54) is 0 Å². The Morgan fingerprint density at radius 2 is 1.87 bits per heavy atom. The zero-order valence-corrected chi connectivity index (χ0v) is 16.6. The van der Waals surface area contributed by atoms with E-state index in [0.29, 0.717) is 28.5 Å². The van der Waals surface area contributed by atoms with Gasteiger partial charge in [0.25, 0.3) is 0 Å². The lowest BCUT2D eigenvalue weighted by Gasteiger charge is -2.21. The number of halogens is 1. The van der Waals surface area contributed by atoms with Crippen molar-refractivity contribution < 1.29 is 18.6 Å². The molecular weight excluding hydrogens is 404 g/mol. The van der Waals surface area contributed by atoms with Crippen LogP contribution in [0, 0.1) is 0 Å². The summed E-state index contributed by atoms with van der Waals surface area (Å²) in [6.45, 7) is 0.918. The van der Waals surface area contributed by atoms with Crippen molar-refractivity contribution in [1.82, 2.24) is 0 Å². The van der Waals surface area contributed by atoms with E-state index < -0.39 is 0 Å². The molecule has 2 heterocycles. The standard InChI is InChI=1S/C24H17ClO5/c25-19-8-17-12-27-14-29-23(17)18(9-19)13-28-20-7-6-16-10-21(15-4-2-1-3-5-15)24(26)30-22(16)11-20/h1-11H,12-14H2. The molecule has 0 saturated carbocycles. The fraction of sp³-hybridized carbons (Fsp3) is 0.125. The van der Waals surface area contributed by atoms with Crippen LogP contribution < -0.4 is 15.1 Å². The molecule has 0 radical (unpaired) electrons. The maximum Gasteiger partial charge on any atom is 0.344 e. The summed E-state index contributed by atoms with van der Waals surface area (Å²) < 4.78 is 22.4. The van der Waals surface area contributed by atoms with Gasteiger partial charge in [0.05, 0.1) is 12.2 Å². The van der Waals surface area contributed by atoms with Gasteiger partial charge in [-0.25, -0.2) is 4.79 Å². The number of hydrogen-bond acceptors (Lipinski definition) is 5. The molecule has 30 heavy (non-hydrogen) atoms. The SMILES string of the molecule is O=c1oc2cc(OCc3cc(Cl)cc4c3OCOC4)ccc2cc1-c1ccccc1. The quantitative estimate of drug-likeness (QED) is 0.404. The van der Waals surface area contributed by atoms with E-state index in [1.807, 2.05) is 60.7 Å². The lowest BCUT2D eigenvalue weighted by atomic mass is 10.1. The molecule has 1 aliphatic heterocycles. The minimum atomic E-state index is -0.386. The molecule has 1 aliphatic rings. The van der Waals surface area contributed by atoms with Crippen molar-refractivity contribution in [2.75, 3.05) is 6.79 Å². The van der Waals surface area contributed by atoms with Crippen molar-refractivity contribution >= 4 is 22.6 Å². The first-order chi connectivity index (χ1) is 14.7. The van der Waals surface area contributed by atoms with Crippen LogP contribution in [0.2, 0.25) is 5.02 Å². The van der Waals surface area contributed by atoms with Gasteiger partial charge >= 0.3 is 5.63 Å². The molecule has 0 saturated heterocycles. The van der Waals surface area contributed by atoms with Crippen molar-refractivity contribution in [2.24, 2.45) is 0 Å². The Labute approximate surface area is 177 Å². The van der Waals surface area contributed by atoms with Crippen LogP contribution in [0.4, 0.5) is 0 Å². The van der Waals surface area contributed by atoms with Crippen LogP contribution in [0.15, 0.2) is 75.9 Å². The molecule has 0 aliphatic carbocycles. The Morgan fingerprint density at radius 3 is 2.73 bits per heavy atom. The topological polar surface area (TPSA) is 57.9 Å². The van der Waals surface area contributed by atoms with Crippen LogP contribution in [0.25, 0.3) is 22.1 Å². The molecule has 1 aromatic heterocycles. The van der Waals surface area contributed by atoms with E-state index in [1.54, 1.807) is 6.07 Å². The van der Waals surface area contributed by atoms with Crippen molar-refractivity contribution in [3.05, 3.63) is 93.3 Å². The summed E-state index contributed by atoms with van der Waals surface area (Å²) in [6.07, 6.45) is 0. The van der Waals surface area contributed by atoms with Gasteiger partial charge in [0.15, 0.2) is 6.79 Å². The zero-order chi connectivity index (χ0) is 20.5. The van der Waals surface area contributed by atoms with Gasteiger partial charge in [0, 0.05) is 27.6 Å². The summed E-state index contributed by atoms with van der Waals surface area (Å²) in [7, 11) is 0. The lowest BCUT2D eigenvalue weighted by molar-refractivity contribution is -0.0175. The lowest BCUT2D eigenvalue weighted by Crippen LogP contribution is -2.14. The Morgan fingerprint density at radius 1 is 1.00 bits per heavy atom. The highest BCUT2D eigenvalue weighted by atomic mass is 35.5. The van der Waals surface area contributed by atoms with Gasteiger partial charge in [-0.1, -0.05) is 41.9 Å². The van der Waals surface area contributed by atoms with Gasteiger partial charge < -0.3 is 18.6 Å². The molecule has 0 spiro atoms. The first-order valence-electron chi connectivity index (χ1n) is 9.45. The third-order valence-corrected chi connectivity index (χ3v) is 5.16. The predicted octanol–water partition coefficient (Wildman–Crippen LogP) is 5.56. The Balaban J connectivity index is 1.43. The second-order valence-corrected chi connectivity index (χ2v) is 7.40. The highest BCUT2D eigenvalue weighted by Gasteiger charge is 2.17. The van der Waals surface area contributed by atoms with Crippen molar-refractivity contribution in [2.45, 2.75) is 13.2 Å². The first-order valence-corrected chi connectivity index (χ1v) is 9.83. The molecule has 0 bridgehead atoms. The molecule has 6 heteroatoms. The van der Waals surface area contributed by atoms with Crippen LogP contribution in [0.1, 0.15) is 11.1 Å². The van der Waals surface area contributed by atoms with Crippen LogP contribution >= 0.6 is 11.6 Å². The van der Waals surface area contributed by atoms with Crippen molar-refractivity contribution in [3.63, 3.8) is 0 Å². The molecule has 5 rings (SSSR count). The highest BCUT2D eigenvalue weighted by Crippen LogP contribution is 2.33. The molecule has 4 aromatic rings. The molecule has 0 N–H and O–H groups in total. The van der Waals surface area contributed by atoms with Crippen LogP contribution in [0.3, 0.4) is 0 Å². The Bertz CT molecular complexity index is 1280. The summed E-state index contributed by atoms with van der Waals surface area (Å²) in [5.41, 5.74) is 3.16. The average Bonchev–Trinajstić information content (AvgIpc) is 2.77. The molecule has 5 nitrogen and oxygen atoms in total. The predicted molar refractivity (Wildman–Crippen MR) is 114 cm³/mol. The molecule has 0 atom stereocenters. The number of benzene rings is 3. The zero-order valence-electron chi connectivity index (χ0n) is 15.9. The highest BCUT2D eigenvalue weighted by molar-refractivity contribution is 6.30. The fourth-order valence-electron chi connectivity index (χ4n) is 3.53. The second kappa shape index (κ2) is 7.86. The van der Waals surface area contributed by atoms with E-state index in [0.717, 1.165) is 27.8 Å². The Kier molecular flexibility index (Phi) is 4.91. The molecule has 3 aromatic carbocycles. The third-order valence-electron chi connectivity index (χ3n) is 4.94. The number of hydrogen-bond donors (Lipinski definition) is 0. The van der Waals surface area contributed by atoms with Gasteiger partial charge in [-0.3, -0.25) is 0 Å². The summed E-state index contributed by atoms with van der Waals surface area (Å²) in [6, 6.07) is 20.4. The summed E-state index contributed by atoms with van der Waals surface area (Å²) in [5.74, 6) is 1.32. The third kappa shape index (κ3) is 3.65. The minimum Gasteiger partial charge on any atom is -0.489 e. The van der Waals surface area contributed by atoms with Crippen LogP contribution in [-0.2, 0) is 18.0 Å². The van der Waals surface area contributed by atoms with E-state index in [2.05, 4.69) is 0 Å². The first kappa shape index (κ1) is 18.7. The van der Waals surface area contributed by atoms with E-state index in [9.17, 15) is 4.79 Å². The average molecular weight is 421 g/mol. The fourth-order valence-corrected chi connectivity index (χ4v) is 3.79. The summed E-state index contributed by atoms with van der Waals surface area (Å²) in [5, 5.41) is 1.42. The van der Waals surface area contributed by atoms with Gasteiger partial charge in [-0.05, 0) is 35.9 Å². The van der Waals surface area contributed by atoms with E-state index >= 15 is 0 Å². The number of ether oxygens (including phenoxy) is 3.